The maximum absolute atomic E-state index is 12.6. The standard InChI is InChI=1S/C18H27N3O2S/c1-13-5-3-4-11-21(13)18(23)14-6-8-15(9-7-14)20-17(22)16(19)10-12-24-2/h6-9,13,16H,3-5,10-12,19H2,1-2H3,(H,20,22)/t13?,16-/m0/s1. The molecule has 6 heteroatoms. The Morgan fingerprint density at radius 1 is 1.33 bits per heavy atom. The van der Waals surface area contributed by atoms with E-state index >= 15 is 0 Å². The average Bonchev–Trinajstić information content (AvgIpc) is 2.60. The highest BCUT2D eigenvalue weighted by atomic mass is 32.2. The van der Waals surface area contributed by atoms with Crippen LogP contribution in [-0.2, 0) is 4.79 Å². The lowest BCUT2D eigenvalue weighted by molar-refractivity contribution is -0.117. The topological polar surface area (TPSA) is 75.4 Å². The van der Waals surface area contributed by atoms with Crippen molar-refractivity contribution in [3.05, 3.63) is 29.8 Å². The third-order valence-corrected chi connectivity index (χ3v) is 5.08. The number of likely N-dealkylation sites (tertiary alicyclic amines) is 1. The average molecular weight is 350 g/mol. The predicted octanol–water partition coefficient (Wildman–Crippen LogP) is 2.72. The molecule has 0 aromatic heterocycles. The molecule has 1 fully saturated rings. The van der Waals surface area contributed by atoms with E-state index in [4.69, 9.17) is 5.73 Å². The molecule has 0 spiro atoms. The van der Waals surface area contributed by atoms with E-state index in [1.54, 1.807) is 36.0 Å². The Morgan fingerprint density at radius 3 is 2.67 bits per heavy atom. The fraction of sp³-hybridized carbons (Fsp3) is 0.556. The molecule has 1 aromatic carbocycles. The van der Waals surface area contributed by atoms with Crippen molar-refractivity contribution in [3.63, 3.8) is 0 Å². The van der Waals surface area contributed by atoms with Gasteiger partial charge in [0.05, 0.1) is 6.04 Å². The molecule has 132 valence electrons. The molecule has 1 heterocycles. The zero-order chi connectivity index (χ0) is 17.5. The van der Waals surface area contributed by atoms with Crippen LogP contribution in [0.25, 0.3) is 0 Å². The van der Waals surface area contributed by atoms with Gasteiger partial charge < -0.3 is 16.0 Å². The quantitative estimate of drug-likeness (QED) is 0.828. The summed E-state index contributed by atoms with van der Waals surface area (Å²) in [5.41, 5.74) is 7.19. The number of piperidine rings is 1. The van der Waals surface area contributed by atoms with E-state index in [0.29, 0.717) is 23.7 Å². The summed E-state index contributed by atoms with van der Waals surface area (Å²) in [6.07, 6.45) is 5.96. The van der Waals surface area contributed by atoms with Crippen LogP contribution < -0.4 is 11.1 Å². The summed E-state index contributed by atoms with van der Waals surface area (Å²) in [5.74, 6) is 0.736. The second kappa shape index (κ2) is 9.08. The Bertz CT molecular complexity index is 562. The van der Waals surface area contributed by atoms with Gasteiger partial charge in [-0.25, -0.2) is 0 Å². The normalized spacial score (nSPS) is 19.0. The summed E-state index contributed by atoms with van der Waals surface area (Å²) in [7, 11) is 0. The zero-order valence-corrected chi connectivity index (χ0v) is 15.3. The highest BCUT2D eigenvalue weighted by molar-refractivity contribution is 7.98. The number of nitrogens with zero attached hydrogens (tertiary/aromatic N) is 1. The fourth-order valence-electron chi connectivity index (χ4n) is 2.87. The van der Waals surface area contributed by atoms with Gasteiger partial charge in [-0.2, -0.15) is 11.8 Å². The molecule has 0 saturated carbocycles. The van der Waals surface area contributed by atoms with Gasteiger partial charge in [-0.1, -0.05) is 0 Å². The van der Waals surface area contributed by atoms with Crippen molar-refractivity contribution in [3.8, 4) is 0 Å². The van der Waals surface area contributed by atoms with Crippen LogP contribution in [0.3, 0.4) is 0 Å². The number of hydrogen-bond acceptors (Lipinski definition) is 4. The van der Waals surface area contributed by atoms with E-state index in [2.05, 4.69) is 12.2 Å². The summed E-state index contributed by atoms with van der Waals surface area (Å²) in [5, 5.41) is 2.81. The first kappa shape index (κ1) is 18.8. The molecule has 2 atom stereocenters. The van der Waals surface area contributed by atoms with Crippen LogP contribution >= 0.6 is 11.8 Å². The van der Waals surface area contributed by atoms with Crippen LogP contribution in [-0.4, -0.2) is 47.4 Å². The van der Waals surface area contributed by atoms with Crippen molar-refractivity contribution in [1.29, 1.82) is 0 Å². The first-order chi connectivity index (χ1) is 11.5. The van der Waals surface area contributed by atoms with Gasteiger partial charge in [0.1, 0.15) is 0 Å². The maximum atomic E-state index is 12.6. The molecule has 1 aromatic rings. The number of rotatable bonds is 6. The summed E-state index contributed by atoms with van der Waals surface area (Å²) < 4.78 is 0. The molecule has 0 bridgehead atoms. The van der Waals surface area contributed by atoms with Crippen LogP contribution in [0.5, 0.6) is 0 Å². The van der Waals surface area contributed by atoms with Crippen LogP contribution in [0.15, 0.2) is 24.3 Å². The number of anilines is 1. The van der Waals surface area contributed by atoms with Crippen LogP contribution in [0.2, 0.25) is 0 Å². The number of hydrogen-bond donors (Lipinski definition) is 2. The Balaban J connectivity index is 1.95. The number of carbonyl (C=O) groups excluding carboxylic acids is 2. The number of amides is 2. The van der Waals surface area contributed by atoms with E-state index in [1.807, 2.05) is 11.2 Å². The second-order valence-corrected chi connectivity index (χ2v) is 7.28. The number of benzene rings is 1. The molecule has 3 N–H and O–H groups in total. The molecule has 1 unspecified atom stereocenters. The Kier molecular flexibility index (Phi) is 7.12. The number of thioether (sulfide) groups is 1. The number of nitrogens with two attached hydrogens (primary N) is 1. The third kappa shape index (κ3) is 4.98. The van der Waals surface area contributed by atoms with E-state index in [1.165, 1.54) is 6.42 Å². The summed E-state index contributed by atoms with van der Waals surface area (Å²) >= 11 is 1.67. The van der Waals surface area contributed by atoms with Gasteiger partial charge >= 0.3 is 0 Å². The molecule has 1 aliphatic rings. The van der Waals surface area contributed by atoms with Crippen molar-refractivity contribution in [2.24, 2.45) is 5.73 Å². The van der Waals surface area contributed by atoms with E-state index in [9.17, 15) is 9.59 Å². The monoisotopic (exact) mass is 349 g/mol. The number of carbonyl (C=O) groups is 2. The molecule has 2 rings (SSSR count). The van der Waals surface area contributed by atoms with Crippen molar-refractivity contribution in [2.45, 2.75) is 44.7 Å². The van der Waals surface area contributed by atoms with Crippen LogP contribution in [0.1, 0.15) is 43.0 Å². The van der Waals surface area contributed by atoms with Crippen molar-refractivity contribution >= 4 is 29.3 Å². The molecule has 0 radical (unpaired) electrons. The molecule has 1 aliphatic heterocycles. The minimum Gasteiger partial charge on any atom is -0.336 e. The molecule has 24 heavy (non-hydrogen) atoms. The molecule has 0 aliphatic carbocycles. The lowest BCUT2D eigenvalue weighted by Gasteiger charge is -2.33. The maximum Gasteiger partial charge on any atom is 0.254 e. The molecular weight excluding hydrogens is 322 g/mol. The highest BCUT2D eigenvalue weighted by Gasteiger charge is 2.24. The Labute approximate surface area is 148 Å². The lowest BCUT2D eigenvalue weighted by atomic mass is 10.0. The minimum atomic E-state index is -0.507. The zero-order valence-electron chi connectivity index (χ0n) is 14.5. The van der Waals surface area contributed by atoms with Crippen molar-refractivity contribution < 1.29 is 9.59 Å². The number of nitrogens with one attached hydrogen (secondary N) is 1. The Morgan fingerprint density at radius 2 is 2.04 bits per heavy atom. The van der Waals surface area contributed by atoms with Gasteiger partial charge in [0, 0.05) is 23.8 Å². The summed E-state index contributed by atoms with van der Waals surface area (Å²) in [6, 6.07) is 6.86. The van der Waals surface area contributed by atoms with E-state index in [-0.39, 0.29) is 11.8 Å². The molecule has 1 saturated heterocycles. The first-order valence-corrected chi connectivity index (χ1v) is 9.88. The third-order valence-electron chi connectivity index (χ3n) is 4.43. The van der Waals surface area contributed by atoms with E-state index < -0.39 is 6.04 Å². The largest absolute Gasteiger partial charge is 0.336 e. The van der Waals surface area contributed by atoms with Crippen molar-refractivity contribution in [1.82, 2.24) is 4.90 Å². The van der Waals surface area contributed by atoms with Gasteiger partial charge in [0.25, 0.3) is 5.91 Å². The summed E-state index contributed by atoms with van der Waals surface area (Å²) in [4.78, 5) is 26.5. The fourth-order valence-corrected chi connectivity index (χ4v) is 3.36. The first-order valence-electron chi connectivity index (χ1n) is 8.49. The van der Waals surface area contributed by atoms with Gasteiger partial charge in [-0.05, 0) is 68.9 Å². The highest BCUT2D eigenvalue weighted by Crippen LogP contribution is 2.20. The van der Waals surface area contributed by atoms with E-state index in [0.717, 1.165) is 25.1 Å². The summed E-state index contributed by atoms with van der Waals surface area (Å²) in [6.45, 7) is 2.92. The van der Waals surface area contributed by atoms with Crippen LogP contribution in [0.4, 0.5) is 5.69 Å². The Hall–Kier alpha value is -1.53. The minimum absolute atomic E-state index is 0.0664. The SMILES string of the molecule is CSCC[C@H](N)C(=O)Nc1ccc(C(=O)N2CCCCC2C)cc1. The van der Waals surface area contributed by atoms with Crippen LogP contribution in [0, 0.1) is 0 Å². The van der Waals surface area contributed by atoms with Gasteiger partial charge in [-0.15, -0.1) is 0 Å². The molecular formula is C18H27N3O2S. The van der Waals surface area contributed by atoms with Gasteiger partial charge in [0.15, 0.2) is 0 Å². The van der Waals surface area contributed by atoms with Crippen molar-refractivity contribution in [2.75, 3.05) is 23.9 Å². The molecule has 2 amide bonds. The predicted molar refractivity (Wildman–Crippen MR) is 100 cm³/mol. The van der Waals surface area contributed by atoms with Gasteiger partial charge in [-0.3, -0.25) is 9.59 Å². The second-order valence-electron chi connectivity index (χ2n) is 6.30. The smallest absolute Gasteiger partial charge is 0.254 e. The lowest BCUT2D eigenvalue weighted by Crippen LogP contribution is -2.42. The molecule has 5 nitrogen and oxygen atoms in total. The van der Waals surface area contributed by atoms with Gasteiger partial charge in [0.2, 0.25) is 5.91 Å².